The number of fused-ring (bicyclic) bond motifs is 1. The smallest absolute Gasteiger partial charge is 0.270 e. The summed E-state index contributed by atoms with van der Waals surface area (Å²) in [6.45, 7) is 2.79. The van der Waals surface area contributed by atoms with Crippen molar-refractivity contribution in [3.8, 4) is 5.75 Å². The first-order valence-corrected chi connectivity index (χ1v) is 8.00. The summed E-state index contributed by atoms with van der Waals surface area (Å²) in [6, 6.07) is 5.40. The van der Waals surface area contributed by atoms with Gasteiger partial charge in [-0.25, -0.2) is 4.98 Å². The molecule has 0 N–H and O–H groups in total. The van der Waals surface area contributed by atoms with Gasteiger partial charge in [0.25, 0.3) is 5.91 Å². The fourth-order valence-corrected chi connectivity index (χ4v) is 3.40. The second-order valence-corrected chi connectivity index (χ2v) is 6.51. The third kappa shape index (κ3) is 2.82. The van der Waals surface area contributed by atoms with E-state index in [1.165, 1.54) is 11.3 Å². The van der Waals surface area contributed by atoms with E-state index in [0.717, 1.165) is 5.01 Å². The molecular weight excluding hydrogens is 324 g/mol. The summed E-state index contributed by atoms with van der Waals surface area (Å²) in [5.74, 6) is 0.455. The maximum Gasteiger partial charge on any atom is 0.270 e. The Morgan fingerprint density at radius 3 is 3.18 bits per heavy atom. The maximum absolute atomic E-state index is 12.8. The number of benzene rings is 1. The summed E-state index contributed by atoms with van der Waals surface area (Å²) in [5, 5.41) is 1.28. The lowest BCUT2D eigenvalue weighted by molar-refractivity contribution is 0.0965. The molecule has 0 saturated heterocycles. The van der Waals surface area contributed by atoms with Crippen LogP contribution < -0.4 is 9.64 Å². The molecule has 0 radical (unpaired) electrons. The van der Waals surface area contributed by atoms with Crippen LogP contribution in [0, 0.1) is 0 Å². The van der Waals surface area contributed by atoms with Crippen molar-refractivity contribution in [2.75, 3.05) is 18.6 Å². The van der Waals surface area contributed by atoms with Crippen molar-refractivity contribution < 1.29 is 14.3 Å². The lowest BCUT2D eigenvalue weighted by Crippen LogP contribution is -2.42. The standard InChI is InChI=1S/C15H15ClN2O3S/c1-9-7-18(11-5-3-4-10(16)14(11)21-9)15(19)12-6-17-13(22-12)8-20-2/h3-6,9H,7-8H2,1-2H3/t9-/m0/s1. The predicted molar refractivity (Wildman–Crippen MR) is 86.0 cm³/mol. The van der Waals surface area contributed by atoms with E-state index in [2.05, 4.69) is 4.98 Å². The van der Waals surface area contributed by atoms with Gasteiger partial charge in [-0.15, -0.1) is 11.3 Å². The van der Waals surface area contributed by atoms with Crippen molar-refractivity contribution in [1.29, 1.82) is 0 Å². The minimum Gasteiger partial charge on any atom is -0.485 e. The van der Waals surface area contributed by atoms with Gasteiger partial charge in [0.2, 0.25) is 0 Å². The summed E-state index contributed by atoms with van der Waals surface area (Å²) in [5.41, 5.74) is 0.692. The Morgan fingerprint density at radius 1 is 1.59 bits per heavy atom. The van der Waals surface area contributed by atoms with Gasteiger partial charge in [-0.1, -0.05) is 17.7 Å². The number of para-hydroxylation sites is 1. The van der Waals surface area contributed by atoms with Crippen molar-refractivity contribution in [2.45, 2.75) is 19.6 Å². The van der Waals surface area contributed by atoms with Crippen molar-refractivity contribution in [2.24, 2.45) is 0 Å². The highest BCUT2D eigenvalue weighted by atomic mass is 35.5. The number of carbonyl (C=O) groups excluding carboxylic acids is 1. The van der Waals surface area contributed by atoms with Crippen LogP contribution >= 0.6 is 22.9 Å². The second kappa shape index (κ2) is 6.24. The van der Waals surface area contributed by atoms with E-state index in [1.54, 1.807) is 24.3 Å². The van der Waals surface area contributed by atoms with Crippen LogP contribution in [0.25, 0.3) is 0 Å². The highest BCUT2D eigenvalue weighted by Gasteiger charge is 2.30. The van der Waals surface area contributed by atoms with Crippen molar-refractivity contribution in [3.63, 3.8) is 0 Å². The lowest BCUT2D eigenvalue weighted by Gasteiger charge is -2.33. The van der Waals surface area contributed by atoms with Gasteiger partial charge in [0, 0.05) is 7.11 Å². The molecule has 1 aliphatic rings. The number of rotatable bonds is 3. The normalized spacial score (nSPS) is 17.0. The second-order valence-electron chi connectivity index (χ2n) is 4.98. The first-order valence-electron chi connectivity index (χ1n) is 6.81. The van der Waals surface area contributed by atoms with Crippen LogP contribution in [0.1, 0.15) is 21.6 Å². The van der Waals surface area contributed by atoms with E-state index in [1.807, 2.05) is 19.1 Å². The Hall–Kier alpha value is -1.63. The molecule has 7 heteroatoms. The average Bonchev–Trinajstić information content (AvgIpc) is 2.96. The molecule has 22 heavy (non-hydrogen) atoms. The summed E-state index contributed by atoms with van der Waals surface area (Å²) in [6.07, 6.45) is 1.47. The van der Waals surface area contributed by atoms with Gasteiger partial charge in [0.15, 0.2) is 5.75 Å². The molecule has 0 aliphatic carbocycles. The van der Waals surface area contributed by atoms with E-state index >= 15 is 0 Å². The largest absolute Gasteiger partial charge is 0.485 e. The monoisotopic (exact) mass is 338 g/mol. The Balaban J connectivity index is 1.94. The molecule has 1 atom stereocenters. The van der Waals surface area contributed by atoms with Gasteiger partial charge in [-0.05, 0) is 19.1 Å². The molecule has 116 valence electrons. The molecule has 3 rings (SSSR count). The highest BCUT2D eigenvalue weighted by Crippen LogP contribution is 2.40. The Labute approximate surface area is 137 Å². The topological polar surface area (TPSA) is 51.7 Å². The van der Waals surface area contributed by atoms with Crippen molar-refractivity contribution in [1.82, 2.24) is 4.98 Å². The van der Waals surface area contributed by atoms with Crippen molar-refractivity contribution in [3.05, 3.63) is 39.3 Å². The third-order valence-corrected chi connectivity index (χ3v) is 4.53. The van der Waals surface area contributed by atoms with Crippen molar-refractivity contribution >= 4 is 34.5 Å². The van der Waals surface area contributed by atoms with Crippen LogP contribution in [0.2, 0.25) is 5.02 Å². The molecule has 0 spiro atoms. The van der Waals surface area contributed by atoms with Gasteiger partial charge in [0.1, 0.15) is 16.0 Å². The van der Waals surface area contributed by atoms with Gasteiger partial charge in [0.05, 0.1) is 30.1 Å². The number of carbonyl (C=O) groups is 1. The Morgan fingerprint density at radius 2 is 2.41 bits per heavy atom. The van der Waals surface area contributed by atoms with E-state index in [9.17, 15) is 4.79 Å². The van der Waals surface area contributed by atoms with Crippen LogP contribution in [0.15, 0.2) is 24.4 Å². The Kier molecular flexibility index (Phi) is 4.33. The molecule has 0 bridgehead atoms. The zero-order chi connectivity index (χ0) is 15.7. The number of aromatic nitrogens is 1. The number of ether oxygens (including phenoxy) is 2. The summed E-state index contributed by atoms with van der Waals surface area (Å²) >= 11 is 7.52. The van der Waals surface area contributed by atoms with Crippen LogP contribution in [0.3, 0.4) is 0 Å². The van der Waals surface area contributed by atoms with Gasteiger partial charge < -0.3 is 14.4 Å². The number of nitrogens with zero attached hydrogens (tertiary/aromatic N) is 2. The first kappa shape index (κ1) is 15.3. The molecule has 0 fully saturated rings. The number of anilines is 1. The van der Waals surface area contributed by atoms with E-state index in [-0.39, 0.29) is 12.0 Å². The molecule has 5 nitrogen and oxygen atoms in total. The van der Waals surface area contributed by atoms with Gasteiger partial charge in [-0.3, -0.25) is 4.79 Å². The van der Waals surface area contributed by atoms with Crippen LogP contribution in [-0.2, 0) is 11.3 Å². The third-order valence-electron chi connectivity index (χ3n) is 3.27. The lowest BCUT2D eigenvalue weighted by atomic mass is 10.2. The average molecular weight is 339 g/mol. The SMILES string of the molecule is COCc1ncc(C(=O)N2C[C@H](C)Oc3c(Cl)cccc32)s1. The summed E-state index contributed by atoms with van der Waals surface area (Å²) in [7, 11) is 1.60. The number of hydrogen-bond donors (Lipinski definition) is 0. The number of halogens is 1. The number of thiazole rings is 1. The quantitative estimate of drug-likeness (QED) is 0.861. The number of amides is 1. The van der Waals surface area contributed by atoms with Gasteiger partial charge in [-0.2, -0.15) is 0 Å². The molecule has 1 aromatic heterocycles. The zero-order valence-corrected chi connectivity index (χ0v) is 13.8. The van der Waals surface area contributed by atoms with E-state index < -0.39 is 0 Å². The molecule has 1 amide bonds. The number of methoxy groups -OCH3 is 1. The fourth-order valence-electron chi connectivity index (χ4n) is 2.35. The molecular formula is C15H15ClN2O3S. The van der Waals surface area contributed by atoms with Crippen LogP contribution in [0.4, 0.5) is 5.69 Å². The van der Waals surface area contributed by atoms with Crippen LogP contribution in [0.5, 0.6) is 5.75 Å². The predicted octanol–water partition coefficient (Wildman–Crippen LogP) is 3.37. The molecule has 0 saturated carbocycles. The van der Waals surface area contributed by atoms with E-state index in [0.29, 0.717) is 34.5 Å². The Bertz CT molecular complexity index is 704. The summed E-state index contributed by atoms with van der Waals surface area (Å²) in [4.78, 5) is 19.3. The molecule has 2 heterocycles. The van der Waals surface area contributed by atoms with Crippen LogP contribution in [-0.4, -0.2) is 30.6 Å². The zero-order valence-electron chi connectivity index (χ0n) is 12.2. The first-order chi connectivity index (χ1) is 10.6. The molecule has 0 unspecified atom stereocenters. The minimum atomic E-state index is -0.122. The summed E-state index contributed by atoms with van der Waals surface area (Å²) < 4.78 is 10.8. The fraction of sp³-hybridized carbons (Fsp3) is 0.333. The highest BCUT2D eigenvalue weighted by molar-refractivity contribution is 7.13. The van der Waals surface area contributed by atoms with Gasteiger partial charge >= 0.3 is 0 Å². The number of hydrogen-bond acceptors (Lipinski definition) is 5. The maximum atomic E-state index is 12.8. The van der Waals surface area contributed by atoms with E-state index in [4.69, 9.17) is 21.1 Å². The molecule has 1 aliphatic heterocycles. The minimum absolute atomic E-state index is 0.0986. The molecule has 1 aromatic carbocycles. The molecule has 2 aromatic rings.